The van der Waals surface area contributed by atoms with Gasteiger partial charge in [0.05, 0.1) is 10.6 Å². The van der Waals surface area contributed by atoms with E-state index in [-0.39, 0.29) is 17.4 Å². The van der Waals surface area contributed by atoms with E-state index >= 15 is 0 Å². The molecule has 2 amide bonds. The molecule has 1 aromatic carbocycles. The van der Waals surface area contributed by atoms with Gasteiger partial charge in [-0.25, -0.2) is 17.9 Å². The van der Waals surface area contributed by atoms with Gasteiger partial charge in [-0.15, -0.1) is 0 Å². The molecule has 0 unspecified atom stereocenters. The largest absolute Gasteiger partial charge is 0.370 e. The molecule has 0 aliphatic rings. The first-order valence-corrected chi connectivity index (χ1v) is 9.81. The van der Waals surface area contributed by atoms with Crippen LogP contribution in [0.1, 0.15) is 38.8 Å². The van der Waals surface area contributed by atoms with Crippen molar-refractivity contribution in [3.8, 4) is 0 Å². The Morgan fingerprint density at radius 2 is 1.84 bits per heavy atom. The minimum Gasteiger partial charge on any atom is -0.370 e. The van der Waals surface area contributed by atoms with Crippen LogP contribution in [0.15, 0.2) is 22.0 Å². The molecule has 1 rings (SSSR count). The van der Waals surface area contributed by atoms with Gasteiger partial charge < -0.3 is 11.1 Å². The highest BCUT2D eigenvalue weighted by molar-refractivity contribution is 7.89. The molecule has 1 aromatic rings. The fourth-order valence-electron chi connectivity index (χ4n) is 2.47. The molecule has 0 bridgehead atoms. The molecule has 5 N–H and O–H groups in total. The van der Waals surface area contributed by atoms with Crippen molar-refractivity contribution in [1.29, 1.82) is 0 Å². The van der Waals surface area contributed by atoms with Gasteiger partial charge >= 0.3 is 6.03 Å². The van der Waals surface area contributed by atoms with Gasteiger partial charge in [0.1, 0.15) is 0 Å². The van der Waals surface area contributed by atoms with Crippen molar-refractivity contribution in [3.05, 3.63) is 23.3 Å². The van der Waals surface area contributed by atoms with E-state index in [1.54, 1.807) is 26.0 Å². The third-order valence-electron chi connectivity index (χ3n) is 3.52. The summed E-state index contributed by atoms with van der Waals surface area (Å²) in [5.74, 6) is 0.00697. The summed E-state index contributed by atoms with van der Waals surface area (Å²) in [5.41, 5.74) is 7.48. The fraction of sp³-hybridized carbons (Fsp3) is 0.500. The van der Waals surface area contributed by atoms with Gasteiger partial charge in [-0.1, -0.05) is 26.8 Å². The van der Waals surface area contributed by atoms with Gasteiger partial charge in [-0.2, -0.15) is 0 Å². The maximum absolute atomic E-state index is 12.4. The Kier molecular flexibility index (Phi) is 7.85. The first-order valence-electron chi connectivity index (χ1n) is 8.32. The van der Waals surface area contributed by atoms with Gasteiger partial charge in [0.2, 0.25) is 10.0 Å². The average molecular weight is 369 g/mol. The van der Waals surface area contributed by atoms with E-state index < -0.39 is 16.1 Å². The second-order valence-corrected chi connectivity index (χ2v) is 6.96. The van der Waals surface area contributed by atoms with E-state index in [0.717, 1.165) is 5.56 Å². The predicted molar refractivity (Wildman–Crippen MR) is 100 cm³/mol. The summed E-state index contributed by atoms with van der Waals surface area (Å²) >= 11 is 0. The molecule has 0 aliphatic heterocycles. The molecule has 0 aliphatic carbocycles. The summed E-state index contributed by atoms with van der Waals surface area (Å²) in [4.78, 5) is 16.2. The monoisotopic (exact) mass is 369 g/mol. The summed E-state index contributed by atoms with van der Waals surface area (Å²) in [6, 6.07) is 2.73. The number of aliphatic imine (C=N–C) groups is 1. The van der Waals surface area contributed by atoms with Crippen molar-refractivity contribution in [2.75, 3.05) is 18.4 Å². The Hall–Kier alpha value is -2.13. The van der Waals surface area contributed by atoms with Crippen molar-refractivity contribution < 1.29 is 13.2 Å². The first kappa shape index (κ1) is 20.9. The normalized spacial score (nSPS) is 12.1. The van der Waals surface area contributed by atoms with Gasteiger partial charge in [0, 0.05) is 13.1 Å². The first-order chi connectivity index (χ1) is 11.8. The van der Waals surface area contributed by atoms with Crippen molar-refractivity contribution in [2.24, 2.45) is 10.7 Å². The molecule has 25 heavy (non-hydrogen) atoms. The number of carbonyl (C=O) groups is 1. The van der Waals surface area contributed by atoms with Crippen LogP contribution in [-0.2, 0) is 22.9 Å². The number of nitrogens with zero attached hydrogens (tertiary/aromatic N) is 1. The summed E-state index contributed by atoms with van der Waals surface area (Å²) in [6.07, 6.45) is 1.09. The number of nitrogens with two attached hydrogens (primary N) is 1. The smallest absolute Gasteiger partial charge is 0.326 e. The molecular weight excluding hydrogens is 342 g/mol. The Morgan fingerprint density at radius 3 is 2.36 bits per heavy atom. The van der Waals surface area contributed by atoms with Crippen LogP contribution in [0.25, 0.3) is 0 Å². The van der Waals surface area contributed by atoms with Gasteiger partial charge in [0.15, 0.2) is 5.96 Å². The number of hydrogen-bond acceptors (Lipinski definition) is 4. The molecular formula is C16H27N5O3S. The maximum atomic E-state index is 12.4. The number of amides is 2. The van der Waals surface area contributed by atoms with Crippen LogP contribution in [0.3, 0.4) is 0 Å². The quantitative estimate of drug-likeness (QED) is 0.430. The number of hydrogen-bond donors (Lipinski definition) is 4. The van der Waals surface area contributed by atoms with E-state index in [9.17, 15) is 13.2 Å². The van der Waals surface area contributed by atoms with Gasteiger partial charge in [-0.05, 0) is 37.0 Å². The minimum absolute atomic E-state index is 0.00697. The topological polar surface area (TPSA) is 126 Å². The summed E-state index contributed by atoms with van der Waals surface area (Å²) < 4.78 is 27.4. The van der Waals surface area contributed by atoms with Crippen LogP contribution in [0, 0.1) is 0 Å². The molecule has 140 valence electrons. The number of nitrogens with one attached hydrogen (secondary N) is 3. The van der Waals surface area contributed by atoms with E-state index in [0.29, 0.717) is 30.6 Å². The molecule has 0 fully saturated rings. The predicted octanol–water partition coefficient (Wildman–Crippen LogP) is 1.57. The van der Waals surface area contributed by atoms with Crippen molar-refractivity contribution >= 4 is 27.7 Å². The highest BCUT2D eigenvalue weighted by atomic mass is 32.2. The number of urea groups is 1. The highest BCUT2D eigenvalue weighted by Crippen LogP contribution is 2.29. The maximum Gasteiger partial charge on any atom is 0.326 e. The number of aryl methyl sites for hydroxylation is 1. The minimum atomic E-state index is -3.64. The molecule has 0 spiro atoms. The lowest BCUT2D eigenvalue weighted by atomic mass is 10.0. The van der Waals surface area contributed by atoms with E-state index in [1.807, 2.05) is 13.8 Å². The second kappa shape index (κ2) is 9.38. The number of carbonyl (C=O) groups excluding carboxylic acids is 1. The number of guanidine groups is 1. The lowest BCUT2D eigenvalue weighted by Crippen LogP contribution is -2.40. The molecule has 0 saturated carbocycles. The van der Waals surface area contributed by atoms with Gasteiger partial charge in [0.25, 0.3) is 0 Å². The van der Waals surface area contributed by atoms with Crippen LogP contribution < -0.4 is 21.1 Å². The Morgan fingerprint density at radius 1 is 1.16 bits per heavy atom. The molecule has 8 nitrogen and oxygen atoms in total. The highest BCUT2D eigenvalue weighted by Gasteiger charge is 2.22. The molecule has 0 heterocycles. The summed E-state index contributed by atoms with van der Waals surface area (Å²) in [6.45, 7) is 8.02. The van der Waals surface area contributed by atoms with Crippen LogP contribution >= 0.6 is 0 Å². The van der Waals surface area contributed by atoms with Crippen molar-refractivity contribution in [3.63, 3.8) is 0 Å². The zero-order valence-corrected chi connectivity index (χ0v) is 16.0. The Bertz CT molecular complexity index is 744. The molecule has 0 saturated heterocycles. The fourth-order valence-corrected chi connectivity index (χ4v) is 3.82. The average Bonchev–Trinajstić information content (AvgIpc) is 2.54. The third-order valence-corrected chi connectivity index (χ3v) is 5.15. The van der Waals surface area contributed by atoms with Crippen LogP contribution in [0.4, 0.5) is 10.5 Å². The molecule has 0 aromatic heterocycles. The zero-order valence-electron chi connectivity index (χ0n) is 15.1. The lowest BCUT2D eigenvalue weighted by molar-refractivity contribution is 0.256. The van der Waals surface area contributed by atoms with Crippen LogP contribution in [0.5, 0.6) is 0 Å². The van der Waals surface area contributed by atoms with Crippen LogP contribution in [-0.4, -0.2) is 33.5 Å². The molecule has 0 radical (unpaired) electrons. The molecule has 9 heteroatoms. The van der Waals surface area contributed by atoms with E-state index in [2.05, 4.69) is 20.3 Å². The number of rotatable bonds is 7. The standard InChI is InChI=1S/C16H27N5O3S/c1-5-11-9-10-13(25(23,24)19-8-4)12(6-2)14(11)20-16(22)21-15(17)18-7-3/h9-10,19H,5-8H2,1-4H3,(H4,17,18,20,21,22). The van der Waals surface area contributed by atoms with E-state index in [1.165, 1.54) is 0 Å². The second-order valence-electron chi connectivity index (χ2n) is 5.22. The number of sulfonamides is 1. The van der Waals surface area contributed by atoms with Gasteiger partial charge in [-0.3, -0.25) is 10.3 Å². The third kappa shape index (κ3) is 5.43. The Balaban J connectivity index is 3.33. The Labute approximate surface area is 149 Å². The van der Waals surface area contributed by atoms with Crippen molar-refractivity contribution in [1.82, 2.24) is 10.0 Å². The summed E-state index contributed by atoms with van der Waals surface area (Å²) in [7, 11) is -3.64. The van der Waals surface area contributed by atoms with E-state index in [4.69, 9.17) is 5.73 Å². The van der Waals surface area contributed by atoms with Crippen LogP contribution in [0.2, 0.25) is 0 Å². The SMILES string of the molecule is CCN=C(N)NC(=O)Nc1c(CC)ccc(S(=O)(=O)NCC)c1CC. The van der Waals surface area contributed by atoms with Crippen molar-refractivity contribution in [2.45, 2.75) is 45.4 Å². The zero-order chi connectivity index (χ0) is 19.0. The summed E-state index contributed by atoms with van der Waals surface area (Å²) in [5, 5.41) is 5.15. The molecule has 0 atom stereocenters. The number of benzene rings is 1. The lowest BCUT2D eigenvalue weighted by Gasteiger charge is -2.18. The number of anilines is 1.